The Morgan fingerprint density at radius 2 is 2.05 bits per heavy atom. The average molecular weight is 305 g/mol. The van der Waals surface area contributed by atoms with Gasteiger partial charge in [-0.1, -0.05) is 12.1 Å². The summed E-state index contributed by atoms with van der Waals surface area (Å²) in [5.41, 5.74) is 1.40. The molecule has 4 rings (SSSR count). The van der Waals surface area contributed by atoms with E-state index in [-0.39, 0.29) is 11.9 Å². The smallest absolute Gasteiger partial charge is 0.123 e. The zero-order valence-corrected chi connectivity index (χ0v) is 13.0. The molecule has 0 unspecified atom stereocenters. The number of nitrogens with zero attached hydrogens (tertiary/aromatic N) is 1. The van der Waals surface area contributed by atoms with E-state index in [2.05, 4.69) is 4.90 Å². The third-order valence-corrected chi connectivity index (χ3v) is 5.42. The summed E-state index contributed by atoms with van der Waals surface area (Å²) in [5.74, 6) is -0.153. The first-order chi connectivity index (χ1) is 10.7. The Morgan fingerprint density at radius 3 is 2.82 bits per heavy atom. The predicted octanol–water partition coefficient (Wildman–Crippen LogP) is 2.64. The van der Waals surface area contributed by atoms with Gasteiger partial charge in [0.15, 0.2) is 0 Å². The molecule has 0 saturated carbocycles. The second-order valence-corrected chi connectivity index (χ2v) is 7.22. The van der Waals surface area contributed by atoms with Crippen LogP contribution in [0.3, 0.4) is 0 Å². The largest absolute Gasteiger partial charge is 0.381 e. The van der Waals surface area contributed by atoms with E-state index in [0.29, 0.717) is 11.5 Å². The lowest BCUT2D eigenvalue weighted by atomic mass is 9.76. The molecule has 0 aromatic heterocycles. The van der Waals surface area contributed by atoms with E-state index in [9.17, 15) is 4.39 Å². The quantitative estimate of drug-likeness (QED) is 0.857. The van der Waals surface area contributed by atoms with E-state index in [1.165, 1.54) is 18.9 Å². The highest BCUT2D eigenvalue weighted by Crippen LogP contribution is 2.43. The van der Waals surface area contributed by atoms with Gasteiger partial charge in [0.25, 0.3) is 0 Å². The maximum atomic E-state index is 13.3. The van der Waals surface area contributed by atoms with Gasteiger partial charge < -0.3 is 9.47 Å². The Bertz CT molecular complexity index is 524. The van der Waals surface area contributed by atoms with E-state index in [1.807, 2.05) is 6.07 Å². The van der Waals surface area contributed by atoms with Gasteiger partial charge in [-0.2, -0.15) is 0 Å². The van der Waals surface area contributed by atoms with Crippen LogP contribution in [0.4, 0.5) is 4.39 Å². The Kier molecular flexibility index (Phi) is 3.93. The number of hydrogen-bond acceptors (Lipinski definition) is 3. The van der Waals surface area contributed by atoms with E-state index >= 15 is 0 Å². The van der Waals surface area contributed by atoms with Crippen molar-refractivity contribution in [1.82, 2.24) is 4.90 Å². The van der Waals surface area contributed by atoms with Gasteiger partial charge in [0.05, 0.1) is 12.7 Å². The molecule has 1 aromatic rings. The monoisotopic (exact) mass is 305 g/mol. The molecule has 0 bridgehead atoms. The fraction of sp³-hybridized carbons (Fsp3) is 0.667. The number of rotatable bonds is 3. The molecule has 0 aliphatic carbocycles. The molecule has 120 valence electrons. The molecule has 0 N–H and O–H groups in total. The highest BCUT2D eigenvalue weighted by molar-refractivity contribution is 5.18. The Balaban J connectivity index is 1.30. The van der Waals surface area contributed by atoms with Crippen LogP contribution in [0.5, 0.6) is 0 Å². The van der Waals surface area contributed by atoms with Gasteiger partial charge in [0, 0.05) is 37.8 Å². The molecule has 3 nitrogen and oxygen atoms in total. The van der Waals surface area contributed by atoms with E-state index in [0.717, 1.165) is 51.3 Å². The Labute approximate surface area is 131 Å². The highest BCUT2D eigenvalue weighted by Gasteiger charge is 2.50. The molecule has 1 atom stereocenters. The molecule has 0 amide bonds. The maximum absolute atomic E-state index is 13.3. The van der Waals surface area contributed by atoms with Crippen LogP contribution in [0, 0.1) is 11.2 Å². The summed E-state index contributed by atoms with van der Waals surface area (Å²) in [4.78, 5) is 2.61. The number of benzene rings is 1. The summed E-state index contributed by atoms with van der Waals surface area (Å²) in [6.07, 6.45) is 4.53. The second-order valence-electron chi connectivity index (χ2n) is 7.22. The van der Waals surface area contributed by atoms with Gasteiger partial charge in [-0.15, -0.1) is 0 Å². The van der Waals surface area contributed by atoms with Crippen LogP contribution < -0.4 is 0 Å². The van der Waals surface area contributed by atoms with Crippen molar-refractivity contribution >= 4 is 0 Å². The first-order valence-electron chi connectivity index (χ1n) is 8.40. The number of halogens is 1. The zero-order valence-electron chi connectivity index (χ0n) is 13.0. The summed E-state index contributed by atoms with van der Waals surface area (Å²) >= 11 is 0. The fourth-order valence-corrected chi connectivity index (χ4v) is 4.30. The minimum atomic E-state index is -0.153. The zero-order chi connectivity index (χ0) is 15.0. The normalized spacial score (nSPS) is 28.9. The molecule has 22 heavy (non-hydrogen) atoms. The van der Waals surface area contributed by atoms with Gasteiger partial charge in [0.1, 0.15) is 5.82 Å². The standard InChI is InChI=1S/C18H24FNO2/c19-15-3-1-2-14(8-15)9-17-10-18(13-22-17)11-20(12-18)16-4-6-21-7-5-16/h1-3,8,16-17H,4-7,9-13H2/t17-/m0/s1. The fourth-order valence-electron chi connectivity index (χ4n) is 4.30. The average Bonchev–Trinajstić information content (AvgIpc) is 2.91. The summed E-state index contributed by atoms with van der Waals surface area (Å²) in [5, 5.41) is 0. The van der Waals surface area contributed by atoms with Gasteiger partial charge in [-0.05, 0) is 43.4 Å². The lowest BCUT2D eigenvalue weighted by Crippen LogP contribution is -2.61. The lowest BCUT2D eigenvalue weighted by Gasteiger charge is -2.52. The van der Waals surface area contributed by atoms with Crippen molar-refractivity contribution in [2.45, 2.75) is 37.8 Å². The highest BCUT2D eigenvalue weighted by atomic mass is 19.1. The maximum Gasteiger partial charge on any atom is 0.123 e. The molecule has 3 heterocycles. The summed E-state index contributed by atoms with van der Waals surface area (Å²) in [6, 6.07) is 7.61. The lowest BCUT2D eigenvalue weighted by molar-refractivity contribution is -0.0664. The summed E-state index contributed by atoms with van der Waals surface area (Å²) < 4.78 is 24.7. The van der Waals surface area contributed by atoms with Crippen LogP contribution in [-0.2, 0) is 15.9 Å². The van der Waals surface area contributed by atoms with Crippen molar-refractivity contribution in [3.8, 4) is 0 Å². The number of hydrogen-bond donors (Lipinski definition) is 0. The molecular formula is C18H24FNO2. The van der Waals surface area contributed by atoms with E-state index in [4.69, 9.17) is 9.47 Å². The molecule has 1 aromatic carbocycles. The molecular weight excluding hydrogens is 281 g/mol. The van der Waals surface area contributed by atoms with Crippen molar-refractivity contribution < 1.29 is 13.9 Å². The SMILES string of the molecule is Fc1cccc(C[C@H]2CC3(CO2)CN(C2CCOCC2)C3)c1. The number of ether oxygens (including phenoxy) is 2. The third-order valence-electron chi connectivity index (χ3n) is 5.42. The van der Waals surface area contributed by atoms with Gasteiger partial charge in [0.2, 0.25) is 0 Å². The van der Waals surface area contributed by atoms with Crippen LogP contribution in [0.2, 0.25) is 0 Å². The molecule has 0 radical (unpaired) electrons. The minimum Gasteiger partial charge on any atom is -0.381 e. The van der Waals surface area contributed by atoms with E-state index < -0.39 is 0 Å². The van der Waals surface area contributed by atoms with Crippen LogP contribution in [0.25, 0.3) is 0 Å². The van der Waals surface area contributed by atoms with Crippen molar-refractivity contribution in [2.24, 2.45) is 5.41 Å². The molecule has 3 saturated heterocycles. The van der Waals surface area contributed by atoms with Crippen LogP contribution in [-0.4, -0.2) is 50.0 Å². The molecule has 3 aliphatic rings. The molecule has 4 heteroatoms. The predicted molar refractivity (Wildman–Crippen MR) is 82.3 cm³/mol. The van der Waals surface area contributed by atoms with Gasteiger partial charge in [-0.25, -0.2) is 4.39 Å². The first-order valence-corrected chi connectivity index (χ1v) is 8.40. The van der Waals surface area contributed by atoms with Crippen molar-refractivity contribution in [3.63, 3.8) is 0 Å². The van der Waals surface area contributed by atoms with Gasteiger partial charge >= 0.3 is 0 Å². The second kappa shape index (κ2) is 5.91. The topological polar surface area (TPSA) is 21.7 Å². The Hall–Kier alpha value is -0.970. The van der Waals surface area contributed by atoms with Gasteiger partial charge in [-0.3, -0.25) is 4.90 Å². The Morgan fingerprint density at radius 1 is 1.23 bits per heavy atom. The molecule has 1 spiro atoms. The van der Waals surface area contributed by atoms with Crippen LogP contribution >= 0.6 is 0 Å². The minimum absolute atomic E-state index is 0.153. The summed E-state index contributed by atoms with van der Waals surface area (Å²) in [6.45, 7) is 5.01. The van der Waals surface area contributed by atoms with Crippen molar-refractivity contribution in [2.75, 3.05) is 32.9 Å². The van der Waals surface area contributed by atoms with Crippen LogP contribution in [0.1, 0.15) is 24.8 Å². The molecule has 3 fully saturated rings. The van der Waals surface area contributed by atoms with Crippen molar-refractivity contribution in [1.29, 1.82) is 0 Å². The van der Waals surface area contributed by atoms with Crippen LogP contribution in [0.15, 0.2) is 24.3 Å². The van der Waals surface area contributed by atoms with Crippen molar-refractivity contribution in [3.05, 3.63) is 35.6 Å². The summed E-state index contributed by atoms with van der Waals surface area (Å²) in [7, 11) is 0. The molecule has 3 aliphatic heterocycles. The van der Waals surface area contributed by atoms with E-state index in [1.54, 1.807) is 12.1 Å². The third kappa shape index (κ3) is 2.92. The first kappa shape index (κ1) is 14.6. The number of likely N-dealkylation sites (tertiary alicyclic amines) is 1.